The van der Waals surface area contributed by atoms with Gasteiger partial charge in [0.25, 0.3) is 0 Å². The Morgan fingerprint density at radius 1 is 0.564 bits per heavy atom. The number of esters is 1. The summed E-state index contributed by atoms with van der Waals surface area (Å²) in [5, 5.41) is 18.4. The second-order valence-electron chi connectivity index (χ2n) is 15.1. The first-order chi connectivity index (χ1) is 26.8. The molecule has 3 N–H and O–H groups in total. The maximum Gasteiger partial charge on any atom is 0.472 e. The van der Waals surface area contributed by atoms with E-state index in [9.17, 15) is 19.4 Å². The minimum Gasteiger partial charge on any atom is -0.457 e. The molecule has 0 radical (unpaired) electrons. The van der Waals surface area contributed by atoms with E-state index in [4.69, 9.17) is 23.6 Å². The molecule has 9 nitrogen and oxygen atoms in total. The lowest BCUT2D eigenvalue weighted by Gasteiger charge is -2.20. The molecule has 0 saturated carbocycles. The Balaban J connectivity index is 4.16. The Morgan fingerprint density at radius 2 is 0.982 bits per heavy atom. The lowest BCUT2D eigenvalue weighted by Crippen LogP contribution is -2.29. The molecular formula is C45H85O9P. The van der Waals surface area contributed by atoms with Gasteiger partial charge in [-0.2, -0.15) is 0 Å². The van der Waals surface area contributed by atoms with Crippen molar-refractivity contribution in [3.05, 3.63) is 36.5 Å². The van der Waals surface area contributed by atoms with Crippen molar-refractivity contribution in [2.75, 3.05) is 33.0 Å². The zero-order valence-electron chi connectivity index (χ0n) is 35.4. The molecule has 0 aromatic rings. The fourth-order valence-electron chi connectivity index (χ4n) is 6.09. The number of ether oxygens (including phenoxy) is 2. The SMILES string of the molecule is CCCCC/C=C\C/C=C\CCCCCCCC(=O)OC(COCCCCCCCCCC/C=C\CCCCCCCCC)COP(=O)(O)OCC(O)CO. The van der Waals surface area contributed by atoms with Gasteiger partial charge in [-0.1, -0.05) is 159 Å². The highest BCUT2D eigenvalue weighted by atomic mass is 31.2. The van der Waals surface area contributed by atoms with Gasteiger partial charge in [0.1, 0.15) is 12.2 Å². The zero-order valence-corrected chi connectivity index (χ0v) is 36.3. The fraction of sp³-hybridized carbons (Fsp3) is 0.844. The number of hydrogen-bond acceptors (Lipinski definition) is 8. The maximum absolute atomic E-state index is 12.6. The normalized spacial score (nSPS) is 14.3. The molecule has 0 rings (SSSR count). The van der Waals surface area contributed by atoms with Crippen LogP contribution in [0.4, 0.5) is 0 Å². The van der Waals surface area contributed by atoms with Crippen LogP contribution in [0.3, 0.4) is 0 Å². The summed E-state index contributed by atoms with van der Waals surface area (Å²) >= 11 is 0. The van der Waals surface area contributed by atoms with Crippen LogP contribution in [-0.4, -0.2) is 66.3 Å². The predicted molar refractivity (Wildman–Crippen MR) is 228 cm³/mol. The van der Waals surface area contributed by atoms with Crippen molar-refractivity contribution >= 4 is 13.8 Å². The van der Waals surface area contributed by atoms with Crippen LogP contribution in [0.25, 0.3) is 0 Å². The molecule has 3 unspecified atom stereocenters. The standard InChI is InChI=1S/C45H85O9P/c1-3-5-7-9-11-13-15-17-19-20-21-22-24-26-28-30-32-34-36-38-51-41-44(42-53-55(49,50)52-40-43(47)39-46)54-45(48)37-35-33-31-29-27-25-23-18-16-14-12-10-8-6-4-2/h12,14,18-20,23,43-44,46-47H,3-11,13,15-17,21-22,24-42H2,1-2H3,(H,49,50)/b14-12-,20-19-,23-18-. The minimum absolute atomic E-state index is 0.0423. The molecule has 10 heteroatoms. The number of unbranched alkanes of at least 4 members (excludes halogenated alkanes) is 23. The molecule has 0 heterocycles. The van der Waals surface area contributed by atoms with Gasteiger partial charge in [-0.05, 0) is 70.6 Å². The largest absolute Gasteiger partial charge is 0.472 e. The number of phosphoric ester groups is 1. The van der Waals surface area contributed by atoms with Gasteiger partial charge in [-0.15, -0.1) is 0 Å². The summed E-state index contributed by atoms with van der Waals surface area (Å²) in [6, 6.07) is 0. The van der Waals surface area contributed by atoms with Crippen LogP contribution in [-0.2, 0) is 27.9 Å². The van der Waals surface area contributed by atoms with Gasteiger partial charge in [-0.3, -0.25) is 13.8 Å². The molecule has 0 aromatic carbocycles. The summed E-state index contributed by atoms with van der Waals surface area (Å²) in [5.41, 5.74) is 0. The van der Waals surface area contributed by atoms with Crippen molar-refractivity contribution in [2.45, 2.75) is 212 Å². The number of carbonyl (C=O) groups is 1. The third-order valence-corrected chi connectivity index (χ3v) is 10.5. The molecule has 0 spiro atoms. The molecule has 0 saturated heterocycles. The summed E-state index contributed by atoms with van der Waals surface area (Å²) in [5.74, 6) is -0.396. The van der Waals surface area contributed by atoms with Crippen LogP contribution < -0.4 is 0 Å². The molecule has 3 atom stereocenters. The quantitative estimate of drug-likeness (QED) is 0.0239. The third-order valence-electron chi connectivity index (χ3n) is 9.55. The predicted octanol–water partition coefficient (Wildman–Crippen LogP) is 12.4. The van der Waals surface area contributed by atoms with E-state index in [2.05, 4.69) is 50.3 Å². The molecule has 0 bridgehead atoms. The third kappa shape index (κ3) is 42.1. The van der Waals surface area contributed by atoms with Gasteiger partial charge in [-0.25, -0.2) is 4.57 Å². The Bertz CT molecular complexity index is 955. The second kappa shape index (κ2) is 42.3. The van der Waals surface area contributed by atoms with E-state index in [1.54, 1.807) is 0 Å². The van der Waals surface area contributed by atoms with Crippen molar-refractivity contribution in [1.29, 1.82) is 0 Å². The molecule has 55 heavy (non-hydrogen) atoms. The van der Waals surface area contributed by atoms with E-state index >= 15 is 0 Å². The van der Waals surface area contributed by atoms with E-state index < -0.39 is 39.2 Å². The number of phosphoric acid groups is 1. The Hall–Kier alpha value is -1.32. The summed E-state index contributed by atoms with van der Waals surface area (Å²) in [4.78, 5) is 22.6. The van der Waals surface area contributed by atoms with Crippen LogP contribution in [0, 0.1) is 0 Å². The minimum atomic E-state index is -4.52. The number of carbonyl (C=O) groups excluding carboxylic acids is 1. The van der Waals surface area contributed by atoms with Gasteiger partial charge in [0.2, 0.25) is 0 Å². The summed E-state index contributed by atoms with van der Waals surface area (Å²) in [6.07, 6.45) is 45.3. The van der Waals surface area contributed by atoms with Gasteiger partial charge in [0, 0.05) is 13.0 Å². The van der Waals surface area contributed by atoms with E-state index in [1.165, 1.54) is 116 Å². The van der Waals surface area contributed by atoms with Crippen LogP contribution >= 0.6 is 7.82 Å². The first-order valence-electron chi connectivity index (χ1n) is 22.5. The van der Waals surface area contributed by atoms with Gasteiger partial charge in [0.15, 0.2) is 0 Å². The van der Waals surface area contributed by atoms with E-state index in [0.29, 0.717) is 13.0 Å². The summed E-state index contributed by atoms with van der Waals surface area (Å²) in [7, 11) is -4.52. The molecule has 0 aromatic heterocycles. The number of aliphatic hydroxyl groups excluding tert-OH is 2. The number of hydrogen-bond donors (Lipinski definition) is 3. The Labute approximate surface area is 337 Å². The van der Waals surface area contributed by atoms with Crippen molar-refractivity contribution in [1.82, 2.24) is 0 Å². The average Bonchev–Trinajstić information content (AvgIpc) is 3.18. The first-order valence-corrected chi connectivity index (χ1v) is 24.0. The average molecular weight is 801 g/mol. The Kier molecular flexibility index (Phi) is 41.3. The highest BCUT2D eigenvalue weighted by molar-refractivity contribution is 7.47. The van der Waals surface area contributed by atoms with E-state index in [-0.39, 0.29) is 19.6 Å². The topological polar surface area (TPSA) is 132 Å². The molecule has 0 amide bonds. The second-order valence-corrected chi connectivity index (χ2v) is 16.5. The zero-order chi connectivity index (χ0) is 40.3. The number of rotatable bonds is 43. The smallest absolute Gasteiger partial charge is 0.457 e. The molecular weight excluding hydrogens is 715 g/mol. The molecule has 0 aliphatic carbocycles. The van der Waals surface area contributed by atoms with Crippen LogP contribution in [0.1, 0.15) is 200 Å². The van der Waals surface area contributed by atoms with Crippen LogP contribution in [0.5, 0.6) is 0 Å². The van der Waals surface area contributed by atoms with E-state index in [0.717, 1.165) is 57.8 Å². The van der Waals surface area contributed by atoms with Crippen molar-refractivity contribution in [3.8, 4) is 0 Å². The summed E-state index contributed by atoms with van der Waals surface area (Å²) in [6.45, 7) is 3.48. The van der Waals surface area contributed by atoms with Gasteiger partial charge < -0.3 is 24.6 Å². The van der Waals surface area contributed by atoms with Crippen LogP contribution in [0.15, 0.2) is 36.5 Å². The fourth-order valence-corrected chi connectivity index (χ4v) is 6.88. The molecule has 324 valence electrons. The molecule has 0 aliphatic rings. The van der Waals surface area contributed by atoms with Crippen LogP contribution in [0.2, 0.25) is 0 Å². The number of aliphatic hydroxyl groups is 2. The van der Waals surface area contributed by atoms with Gasteiger partial charge >= 0.3 is 13.8 Å². The Morgan fingerprint density at radius 3 is 1.51 bits per heavy atom. The van der Waals surface area contributed by atoms with Crippen molar-refractivity contribution < 1.29 is 43.0 Å². The number of allylic oxidation sites excluding steroid dienone is 6. The molecule has 0 fully saturated rings. The maximum atomic E-state index is 12.6. The van der Waals surface area contributed by atoms with Crippen molar-refractivity contribution in [2.24, 2.45) is 0 Å². The monoisotopic (exact) mass is 801 g/mol. The lowest BCUT2D eigenvalue weighted by atomic mass is 10.1. The molecule has 0 aliphatic heterocycles. The van der Waals surface area contributed by atoms with Gasteiger partial charge in [0.05, 0.1) is 26.4 Å². The first kappa shape index (κ1) is 53.7. The highest BCUT2D eigenvalue weighted by Gasteiger charge is 2.26. The lowest BCUT2D eigenvalue weighted by molar-refractivity contribution is -0.154. The van der Waals surface area contributed by atoms with Crippen molar-refractivity contribution in [3.63, 3.8) is 0 Å². The highest BCUT2D eigenvalue weighted by Crippen LogP contribution is 2.43. The summed E-state index contributed by atoms with van der Waals surface area (Å²) < 4.78 is 33.4. The van der Waals surface area contributed by atoms with E-state index in [1.807, 2.05) is 0 Å².